The van der Waals surface area contributed by atoms with Crippen molar-refractivity contribution < 1.29 is 5.11 Å². The number of rotatable bonds is 2. The topological polar surface area (TPSA) is 23.5 Å². The Labute approximate surface area is 69.2 Å². The minimum Gasteiger partial charge on any atom is -0.392 e. The van der Waals surface area contributed by atoms with Crippen LogP contribution in [0.4, 0.5) is 0 Å². The van der Waals surface area contributed by atoms with Crippen LogP contribution in [0.3, 0.4) is 0 Å². The monoisotopic (exact) mass is 157 g/mol. The molecule has 0 saturated carbocycles. The molecule has 1 saturated heterocycles. The van der Waals surface area contributed by atoms with E-state index in [9.17, 15) is 5.11 Å². The van der Waals surface area contributed by atoms with Gasteiger partial charge >= 0.3 is 0 Å². The summed E-state index contributed by atoms with van der Waals surface area (Å²) in [6.07, 6.45) is 3.79. The smallest absolute Gasteiger partial charge is 0.0639 e. The van der Waals surface area contributed by atoms with E-state index in [-0.39, 0.29) is 6.10 Å². The Morgan fingerprint density at radius 1 is 1.55 bits per heavy atom. The number of aliphatic hydroxyl groups excluding tert-OH is 1. The minimum atomic E-state index is -0.171. The van der Waals surface area contributed by atoms with Crippen molar-refractivity contribution in [3.05, 3.63) is 0 Å². The van der Waals surface area contributed by atoms with Gasteiger partial charge in [0.2, 0.25) is 0 Å². The summed E-state index contributed by atoms with van der Waals surface area (Å²) in [5.74, 6) is 0. The largest absolute Gasteiger partial charge is 0.392 e. The summed E-state index contributed by atoms with van der Waals surface area (Å²) in [7, 11) is 0. The SMILES string of the molecule is C[C@@H]1CCCCN1C[C@@H](C)O. The van der Waals surface area contributed by atoms with Crippen LogP contribution in [0.15, 0.2) is 0 Å². The molecule has 1 heterocycles. The summed E-state index contributed by atoms with van der Waals surface area (Å²) in [6.45, 7) is 6.14. The van der Waals surface area contributed by atoms with Crippen LogP contribution in [-0.4, -0.2) is 35.2 Å². The summed E-state index contributed by atoms with van der Waals surface area (Å²) < 4.78 is 0. The van der Waals surface area contributed by atoms with Crippen LogP contribution >= 0.6 is 0 Å². The van der Waals surface area contributed by atoms with Gasteiger partial charge in [0.15, 0.2) is 0 Å². The maximum absolute atomic E-state index is 9.18. The van der Waals surface area contributed by atoms with Crippen LogP contribution in [-0.2, 0) is 0 Å². The fourth-order valence-corrected chi connectivity index (χ4v) is 1.77. The molecule has 0 aliphatic carbocycles. The van der Waals surface area contributed by atoms with E-state index in [4.69, 9.17) is 0 Å². The van der Waals surface area contributed by atoms with Gasteiger partial charge in [0.05, 0.1) is 6.10 Å². The summed E-state index contributed by atoms with van der Waals surface area (Å²) >= 11 is 0. The molecule has 1 N–H and O–H groups in total. The van der Waals surface area contributed by atoms with Gasteiger partial charge in [0.1, 0.15) is 0 Å². The van der Waals surface area contributed by atoms with Gasteiger partial charge in [-0.1, -0.05) is 6.42 Å². The molecule has 11 heavy (non-hydrogen) atoms. The van der Waals surface area contributed by atoms with Crippen LogP contribution in [0.25, 0.3) is 0 Å². The highest BCUT2D eigenvalue weighted by atomic mass is 16.3. The quantitative estimate of drug-likeness (QED) is 0.652. The Morgan fingerprint density at radius 3 is 2.82 bits per heavy atom. The van der Waals surface area contributed by atoms with E-state index in [2.05, 4.69) is 11.8 Å². The fourth-order valence-electron chi connectivity index (χ4n) is 1.77. The number of hydrogen-bond donors (Lipinski definition) is 1. The Kier molecular flexibility index (Phi) is 3.34. The summed E-state index contributed by atoms with van der Waals surface area (Å²) in [6, 6.07) is 0.679. The average Bonchev–Trinajstić information content (AvgIpc) is 1.93. The van der Waals surface area contributed by atoms with Gasteiger partial charge in [-0.2, -0.15) is 0 Å². The second-order valence-electron chi connectivity index (χ2n) is 3.69. The van der Waals surface area contributed by atoms with Crippen molar-refractivity contribution >= 4 is 0 Å². The standard InChI is InChI=1S/C9H19NO/c1-8-5-3-4-6-10(8)7-9(2)11/h8-9,11H,3-7H2,1-2H3/t8-,9-/m1/s1. The van der Waals surface area contributed by atoms with Crippen LogP contribution in [0.2, 0.25) is 0 Å². The molecule has 66 valence electrons. The molecule has 0 spiro atoms. The van der Waals surface area contributed by atoms with E-state index in [1.807, 2.05) is 6.92 Å². The number of likely N-dealkylation sites (tertiary alicyclic amines) is 1. The fraction of sp³-hybridized carbons (Fsp3) is 1.00. The van der Waals surface area contributed by atoms with Gasteiger partial charge in [-0.05, 0) is 33.2 Å². The molecule has 0 unspecified atom stereocenters. The molecule has 1 aliphatic heterocycles. The lowest BCUT2D eigenvalue weighted by Crippen LogP contribution is -2.41. The Morgan fingerprint density at radius 2 is 2.27 bits per heavy atom. The second-order valence-corrected chi connectivity index (χ2v) is 3.69. The van der Waals surface area contributed by atoms with Crippen molar-refractivity contribution in [1.29, 1.82) is 0 Å². The van der Waals surface area contributed by atoms with E-state index < -0.39 is 0 Å². The molecule has 2 heteroatoms. The lowest BCUT2D eigenvalue weighted by atomic mass is 10.0. The maximum Gasteiger partial charge on any atom is 0.0639 e. The Hall–Kier alpha value is -0.0800. The van der Waals surface area contributed by atoms with E-state index in [1.54, 1.807) is 0 Å². The van der Waals surface area contributed by atoms with Gasteiger partial charge in [-0.15, -0.1) is 0 Å². The van der Waals surface area contributed by atoms with Crippen molar-refractivity contribution in [1.82, 2.24) is 4.90 Å². The van der Waals surface area contributed by atoms with E-state index in [0.29, 0.717) is 6.04 Å². The summed E-state index contributed by atoms with van der Waals surface area (Å²) in [5.41, 5.74) is 0. The average molecular weight is 157 g/mol. The van der Waals surface area contributed by atoms with Crippen molar-refractivity contribution in [3.63, 3.8) is 0 Å². The minimum absolute atomic E-state index is 0.171. The first kappa shape index (κ1) is 9.01. The first-order valence-corrected chi connectivity index (χ1v) is 4.62. The van der Waals surface area contributed by atoms with Gasteiger partial charge < -0.3 is 5.11 Å². The first-order chi connectivity index (χ1) is 5.20. The van der Waals surface area contributed by atoms with E-state index in [0.717, 1.165) is 6.54 Å². The molecule has 1 aliphatic rings. The predicted octanol–water partition coefficient (Wildman–Crippen LogP) is 1.24. The lowest BCUT2D eigenvalue weighted by molar-refractivity contribution is 0.0832. The Bertz CT molecular complexity index is 114. The number of hydrogen-bond acceptors (Lipinski definition) is 2. The lowest BCUT2D eigenvalue weighted by Gasteiger charge is -2.33. The number of nitrogens with zero attached hydrogens (tertiary/aromatic N) is 1. The highest BCUT2D eigenvalue weighted by molar-refractivity contribution is 4.73. The molecule has 1 fully saturated rings. The van der Waals surface area contributed by atoms with Crippen molar-refractivity contribution in [2.24, 2.45) is 0 Å². The summed E-state index contributed by atoms with van der Waals surface area (Å²) in [4.78, 5) is 2.38. The number of aliphatic hydroxyl groups is 1. The van der Waals surface area contributed by atoms with E-state index >= 15 is 0 Å². The van der Waals surface area contributed by atoms with Crippen molar-refractivity contribution in [3.8, 4) is 0 Å². The molecule has 1 rings (SSSR count). The highest BCUT2D eigenvalue weighted by Gasteiger charge is 2.18. The molecule has 0 amide bonds. The third-order valence-electron chi connectivity index (χ3n) is 2.44. The third kappa shape index (κ3) is 2.80. The van der Waals surface area contributed by atoms with Crippen LogP contribution in [0, 0.1) is 0 Å². The zero-order valence-electron chi connectivity index (χ0n) is 7.58. The first-order valence-electron chi connectivity index (χ1n) is 4.62. The second kappa shape index (κ2) is 4.07. The molecule has 0 bridgehead atoms. The Balaban J connectivity index is 2.29. The molecular weight excluding hydrogens is 138 g/mol. The third-order valence-corrected chi connectivity index (χ3v) is 2.44. The molecule has 0 aromatic carbocycles. The maximum atomic E-state index is 9.18. The van der Waals surface area contributed by atoms with Gasteiger partial charge in [0, 0.05) is 12.6 Å². The molecule has 0 aromatic heterocycles. The zero-order valence-corrected chi connectivity index (χ0v) is 7.58. The molecule has 2 nitrogen and oxygen atoms in total. The number of piperidine rings is 1. The molecule has 0 aromatic rings. The number of β-amino-alcohol motifs (C(OH)–C–C–N with tert-alkyl or cyclic N) is 1. The van der Waals surface area contributed by atoms with Gasteiger partial charge in [-0.3, -0.25) is 4.90 Å². The molecule has 2 atom stereocenters. The normalized spacial score (nSPS) is 30.3. The van der Waals surface area contributed by atoms with E-state index in [1.165, 1.54) is 25.8 Å². The molecular formula is C9H19NO. The van der Waals surface area contributed by atoms with Gasteiger partial charge in [0.25, 0.3) is 0 Å². The van der Waals surface area contributed by atoms with Gasteiger partial charge in [-0.25, -0.2) is 0 Å². The molecule has 0 radical (unpaired) electrons. The van der Waals surface area contributed by atoms with Crippen LogP contribution < -0.4 is 0 Å². The van der Waals surface area contributed by atoms with Crippen LogP contribution in [0.1, 0.15) is 33.1 Å². The predicted molar refractivity (Wildman–Crippen MR) is 46.6 cm³/mol. The van der Waals surface area contributed by atoms with Crippen molar-refractivity contribution in [2.75, 3.05) is 13.1 Å². The van der Waals surface area contributed by atoms with Crippen molar-refractivity contribution in [2.45, 2.75) is 45.3 Å². The van der Waals surface area contributed by atoms with Crippen LogP contribution in [0.5, 0.6) is 0 Å². The highest BCUT2D eigenvalue weighted by Crippen LogP contribution is 2.15. The zero-order chi connectivity index (χ0) is 8.27. The summed E-state index contributed by atoms with van der Waals surface area (Å²) in [5, 5.41) is 9.18.